The van der Waals surface area contributed by atoms with E-state index in [1.54, 1.807) is 6.20 Å². The van der Waals surface area contributed by atoms with Gasteiger partial charge in [0.25, 0.3) is 0 Å². The standard InChI is InChI=1S/C28H35FN2/c1-3-5-7-8-10-12-23-13-17-24(18-14-23)26-21-30-28(31-27(26)29)25-19-15-22(16-20-25)11-9-6-4-2/h13-21H,3-12H2,1-2H3. The summed E-state index contributed by atoms with van der Waals surface area (Å²) < 4.78 is 14.8. The predicted octanol–water partition coefficient (Wildman–Crippen LogP) is 8.20. The number of hydrogen-bond acceptors (Lipinski definition) is 2. The monoisotopic (exact) mass is 418 g/mol. The molecule has 0 N–H and O–H groups in total. The van der Waals surface area contributed by atoms with Gasteiger partial charge in [0.05, 0.1) is 5.56 Å². The van der Waals surface area contributed by atoms with Crippen LogP contribution in [0.1, 0.15) is 76.3 Å². The van der Waals surface area contributed by atoms with Crippen molar-refractivity contribution in [2.45, 2.75) is 78.1 Å². The molecular weight excluding hydrogens is 383 g/mol. The van der Waals surface area contributed by atoms with Gasteiger partial charge in [0.1, 0.15) is 0 Å². The van der Waals surface area contributed by atoms with E-state index in [2.05, 4.69) is 48.1 Å². The molecule has 1 heterocycles. The van der Waals surface area contributed by atoms with E-state index in [-0.39, 0.29) is 0 Å². The van der Waals surface area contributed by atoms with Crippen molar-refractivity contribution in [2.75, 3.05) is 0 Å². The van der Waals surface area contributed by atoms with Crippen molar-refractivity contribution < 1.29 is 4.39 Å². The average Bonchev–Trinajstić information content (AvgIpc) is 2.80. The van der Waals surface area contributed by atoms with Gasteiger partial charge in [0.15, 0.2) is 5.82 Å². The van der Waals surface area contributed by atoms with E-state index in [9.17, 15) is 4.39 Å². The average molecular weight is 419 g/mol. The van der Waals surface area contributed by atoms with E-state index in [4.69, 9.17) is 0 Å². The molecule has 1 aromatic heterocycles. The van der Waals surface area contributed by atoms with E-state index in [1.807, 2.05) is 24.3 Å². The Kier molecular flexibility index (Phi) is 9.20. The number of unbranched alkanes of at least 4 members (excludes halogenated alkanes) is 6. The summed E-state index contributed by atoms with van der Waals surface area (Å²) in [5, 5.41) is 0. The van der Waals surface area contributed by atoms with Crippen molar-refractivity contribution in [3.63, 3.8) is 0 Å². The molecule has 2 nitrogen and oxygen atoms in total. The largest absolute Gasteiger partial charge is 0.236 e. The van der Waals surface area contributed by atoms with Crippen molar-refractivity contribution in [2.24, 2.45) is 0 Å². The van der Waals surface area contributed by atoms with E-state index in [1.165, 1.54) is 62.5 Å². The maximum absolute atomic E-state index is 14.8. The fraction of sp³-hybridized carbons (Fsp3) is 0.429. The molecule has 0 aliphatic heterocycles. The molecule has 2 aromatic carbocycles. The SMILES string of the molecule is CCCCCCCc1ccc(-c2cnc(-c3ccc(CCCCC)cc3)nc2F)cc1. The zero-order chi connectivity index (χ0) is 21.9. The van der Waals surface area contributed by atoms with Crippen LogP contribution in [0, 0.1) is 5.95 Å². The molecule has 0 saturated heterocycles. The molecule has 3 heteroatoms. The summed E-state index contributed by atoms with van der Waals surface area (Å²) in [5.74, 6) is -0.0330. The molecule has 0 aliphatic rings. The Balaban J connectivity index is 1.62. The maximum Gasteiger partial charge on any atom is 0.224 e. The normalized spacial score (nSPS) is 11.1. The quantitative estimate of drug-likeness (QED) is 0.219. The lowest BCUT2D eigenvalue weighted by atomic mass is 10.0. The molecule has 0 atom stereocenters. The molecule has 3 aromatic rings. The summed E-state index contributed by atoms with van der Waals surface area (Å²) in [4.78, 5) is 8.59. The van der Waals surface area contributed by atoms with Crippen molar-refractivity contribution in [3.8, 4) is 22.5 Å². The Morgan fingerprint density at radius 1 is 0.645 bits per heavy atom. The highest BCUT2D eigenvalue weighted by Crippen LogP contribution is 2.25. The highest BCUT2D eigenvalue weighted by molar-refractivity contribution is 5.64. The molecule has 0 aliphatic carbocycles. The van der Waals surface area contributed by atoms with Crippen LogP contribution < -0.4 is 0 Å². The fourth-order valence-corrected chi connectivity index (χ4v) is 3.88. The first kappa shape index (κ1) is 23.1. The number of aromatic nitrogens is 2. The van der Waals surface area contributed by atoms with Crippen molar-refractivity contribution in [3.05, 3.63) is 71.8 Å². The third-order valence-corrected chi connectivity index (χ3v) is 5.86. The Morgan fingerprint density at radius 2 is 1.16 bits per heavy atom. The van der Waals surface area contributed by atoms with Gasteiger partial charge in [-0.3, -0.25) is 0 Å². The second kappa shape index (κ2) is 12.3. The Hall–Kier alpha value is -2.55. The highest BCUT2D eigenvalue weighted by atomic mass is 19.1. The van der Waals surface area contributed by atoms with E-state index >= 15 is 0 Å². The first-order chi connectivity index (χ1) is 15.2. The van der Waals surface area contributed by atoms with Crippen LogP contribution in [0.2, 0.25) is 0 Å². The van der Waals surface area contributed by atoms with Gasteiger partial charge in [-0.1, -0.05) is 101 Å². The molecule has 0 bridgehead atoms. The predicted molar refractivity (Wildman–Crippen MR) is 129 cm³/mol. The second-order valence-corrected chi connectivity index (χ2v) is 8.41. The number of nitrogens with zero attached hydrogens (tertiary/aromatic N) is 2. The summed E-state index contributed by atoms with van der Waals surface area (Å²) in [6.07, 6.45) is 13.8. The van der Waals surface area contributed by atoms with Crippen LogP contribution in [0.4, 0.5) is 4.39 Å². The molecule has 0 radical (unpaired) electrons. The van der Waals surface area contributed by atoms with Crippen molar-refractivity contribution >= 4 is 0 Å². The van der Waals surface area contributed by atoms with Gasteiger partial charge < -0.3 is 0 Å². The van der Waals surface area contributed by atoms with E-state index < -0.39 is 5.95 Å². The fourth-order valence-electron chi connectivity index (χ4n) is 3.88. The molecule has 0 fully saturated rings. The van der Waals surface area contributed by atoms with Crippen LogP contribution >= 0.6 is 0 Å². The lowest BCUT2D eigenvalue weighted by Crippen LogP contribution is -1.96. The van der Waals surface area contributed by atoms with Crippen molar-refractivity contribution in [1.29, 1.82) is 0 Å². The number of halogens is 1. The van der Waals surface area contributed by atoms with E-state index in [0.29, 0.717) is 11.4 Å². The van der Waals surface area contributed by atoms with Gasteiger partial charge >= 0.3 is 0 Å². The number of hydrogen-bond donors (Lipinski definition) is 0. The minimum absolute atomic E-state index is 0.435. The smallest absolute Gasteiger partial charge is 0.224 e. The second-order valence-electron chi connectivity index (χ2n) is 8.41. The topological polar surface area (TPSA) is 25.8 Å². The summed E-state index contributed by atoms with van der Waals surface area (Å²) in [6.45, 7) is 4.45. The summed E-state index contributed by atoms with van der Waals surface area (Å²) in [5.41, 5.74) is 4.74. The first-order valence-electron chi connectivity index (χ1n) is 11.9. The third-order valence-electron chi connectivity index (χ3n) is 5.86. The van der Waals surface area contributed by atoms with Crippen LogP contribution in [-0.4, -0.2) is 9.97 Å². The Morgan fingerprint density at radius 3 is 1.74 bits per heavy atom. The zero-order valence-corrected chi connectivity index (χ0v) is 19.0. The summed E-state index contributed by atoms with van der Waals surface area (Å²) in [6, 6.07) is 16.3. The minimum Gasteiger partial charge on any atom is -0.236 e. The molecule has 0 amide bonds. The third kappa shape index (κ3) is 6.99. The summed E-state index contributed by atoms with van der Waals surface area (Å²) in [7, 11) is 0. The van der Waals surface area contributed by atoms with E-state index in [0.717, 1.165) is 24.0 Å². The zero-order valence-electron chi connectivity index (χ0n) is 19.0. The van der Waals surface area contributed by atoms with Gasteiger partial charge in [0, 0.05) is 11.8 Å². The number of aryl methyl sites for hydroxylation is 2. The van der Waals surface area contributed by atoms with Gasteiger partial charge in [-0.2, -0.15) is 9.37 Å². The molecular formula is C28H35FN2. The van der Waals surface area contributed by atoms with Gasteiger partial charge in [-0.25, -0.2) is 4.98 Å². The molecule has 164 valence electrons. The van der Waals surface area contributed by atoms with Crippen molar-refractivity contribution in [1.82, 2.24) is 9.97 Å². The number of benzene rings is 2. The van der Waals surface area contributed by atoms with Gasteiger partial charge in [-0.15, -0.1) is 0 Å². The molecule has 3 rings (SSSR count). The van der Waals surface area contributed by atoms with Gasteiger partial charge in [-0.05, 0) is 42.4 Å². The Labute approximate surface area is 187 Å². The van der Waals surface area contributed by atoms with Gasteiger partial charge in [0.2, 0.25) is 5.95 Å². The van der Waals surface area contributed by atoms with Crippen LogP contribution in [-0.2, 0) is 12.8 Å². The molecule has 0 saturated carbocycles. The molecule has 0 spiro atoms. The Bertz CT molecular complexity index is 917. The number of rotatable bonds is 12. The lowest BCUT2D eigenvalue weighted by molar-refractivity contribution is 0.585. The maximum atomic E-state index is 14.8. The lowest BCUT2D eigenvalue weighted by Gasteiger charge is -2.07. The van der Waals surface area contributed by atoms with Crippen LogP contribution in [0.3, 0.4) is 0 Å². The van der Waals surface area contributed by atoms with Crippen LogP contribution in [0.15, 0.2) is 54.7 Å². The molecule has 31 heavy (non-hydrogen) atoms. The molecule has 0 unspecified atom stereocenters. The van der Waals surface area contributed by atoms with Crippen LogP contribution in [0.25, 0.3) is 22.5 Å². The van der Waals surface area contributed by atoms with Crippen LogP contribution in [0.5, 0.6) is 0 Å². The minimum atomic E-state index is -0.468. The first-order valence-corrected chi connectivity index (χ1v) is 11.9. The highest BCUT2D eigenvalue weighted by Gasteiger charge is 2.11. The summed E-state index contributed by atoms with van der Waals surface area (Å²) >= 11 is 0.